The van der Waals surface area contributed by atoms with E-state index in [0.717, 1.165) is 19.6 Å². The van der Waals surface area contributed by atoms with Crippen molar-refractivity contribution in [2.24, 2.45) is 5.41 Å². The van der Waals surface area contributed by atoms with Gasteiger partial charge in [-0.25, -0.2) is 0 Å². The molecule has 2 unspecified atom stereocenters. The monoisotopic (exact) mass is 288 g/mol. The molecular formula is C19H32N2. The first-order valence-corrected chi connectivity index (χ1v) is 8.29. The molecule has 21 heavy (non-hydrogen) atoms. The number of hydrogen-bond acceptors (Lipinski definition) is 2. The van der Waals surface area contributed by atoms with Gasteiger partial charge < -0.3 is 5.32 Å². The average Bonchev–Trinajstić information content (AvgIpc) is 2.40. The lowest BCUT2D eigenvalue weighted by molar-refractivity contribution is 0.0203. The first-order valence-electron chi connectivity index (χ1n) is 8.29. The van der Waals surface area contributed by atoms with Crippen molar-refractivity contribution in [3.63, 3.8) is 0 Å². The van der Waals surface area contributed by atoms with Crippen LogP contribution in [0.4, 0.5) is 0 Å². The summed E-state index contributed by atoms with van der Waals surface area (Å²) >= 11 is 0. The Hall–Kier alpha value is -0.860. The van der Waals surface area contributed by atoms with E-state index in [0.29, 0.717) is 11.5 Å². The maximum atomic E-state index is 3.79. The van der Waals surface area contributed by atoms with Crippen molar-refractivity contribution in [2.45, 2.75) is 66.1 Å². The van der Waals surface area contributed by atoms with E-state index in [1.807, 2.05) is 0 Å². The summed E-state index contributed by atoms with van der Waals surface area (Å²) in [6.45, 7) is 17.2. The Morgan fingerprint density at radius 3 is 2.52 bits per heavy atom. The Morgan fingerprint density at radius 2 is 1.95 bits per heavy atom. The normalized spacial score (nSPS) is 27.8. The maximum absolute atomic E-state index is 3.79. The zero-order valence-corrected chi connectivity index (χ0v) is 14.7. The van der Waals surface area contributed by atoms with Gasteiger partial charge in [-0.05, 0) is 36.8 Å². The topological polar surface area (TPSA) is 15.3 Å². The van der Waals surface area contributed by atoms with Crippen molar-refractivity contribution in [1.82, 2.24) is 10.2 Å². The van der Waals surface area contributed by atoms with Crippen LogP contribution in [0.25, 0.3) is 0 Å². The second kappa shape index (κ2) is 6.10. The Balaban J connectivity index is 2.23. The molecule has 2 atom stereocenters. The van der Waals surface area contributed by atoms with Crippen LogP contribution < -0.4 is 5.32 Å². The van der Waals surface area contributed by atoms with Crippen LogP contribution in [0, 0.1) is 12.3 Å². The lowest BCUT2D eigenvalue weighted by atomic mass is 9.81. The zero-order valence-electron chi connectivity index (χ0n) is 14.7. The van der Waals surface area contributed by atoms with Gasteiger partial charge >= 0.3 is 0 Å². The molecule has 118 valence electrons. The van der Waals surface area contributed by atoms with Crippen LogP contribution >= 0.6 is 0 Å². The highest BCUT2D eigenvalue weighted by Gasteiger charge is 2.39. The quantitative estimate of drug-likeness (QED) is 0.905. The van der Waals surface area contributed by atoms with Crippen molar-refractivity contribution in [1.29, 1.82) is 0 Å². The van der Waals surface area contributed by atoms with Crippen LogP contribution in [0.15, 0.2) is 24.3 Å². The van der Waals surface area contributed by atoms with E-state index < -0.39 is 0 Å². The predicted octanol–water partition coefficient (Wildman–Crippen LogP) is 3.98. The standard InChI is InChI=1S/C19H32N2/c1-7-19(6)14-21(17(12-20-19)18(3,4)5)13-16-11-9-8-10-15(16)2/h8-11,17,20H,7,12-14H2,1-6H3. The molecule has 1 fully saturated rings. The summed E-state index contributed by atoms with van der Waals surface area (Å²) in [6.07, 6.45) is 1.17. The Kier molecular flexibility index (Phi) is 4.79. The summed E-state index contributed by atoms with van der Waals surface area (Å²) in [5, 5.41) is 3.79. The molecule has 1 aromatic carbocycles. The number of piperazine rings is 1. The van der Waals surface area contributed by atoms with E-state index in [9.17, 15) is 0 Å². The summed E-state index contributed by atoms with van der Waals surface area (Å²) in [7, 11) is 0. The largest absolute Gasteiger partial charge is 0.309 e. The van der Waals surface area contributed by atoms with Crippen molar-refractivity contribution >= 4 is 0 Å². The highest BCUT2D eigenvalue weighted by atomic mass is 15.3. The number of nitrogens with one attached hydrogen (secondary N) is 1. The SMILES string of the molecule is CCC1(C)CN(Cc2ccccc2C)C(C(C)(C)C)CN1. The van der Waals surface area contributed by atoms with Gasteiger partial charge in [0, 0.05) is 31.2 Å². The molecular weight excluding hydrogens is 256 g/mol. The lowest BCUT2D eigenvalue weighted by Gasteiger charge is -2.50. The predicted molar refractivity (Wildman–Crippen MR) is 91.5 cm³/mol. The van der Waals surface area contributed by atoms with E-state index >= 15 is 0 Å². The van der Waals surface area contributed by atoms with Gasteiger partial charge in [0.25, 0.3) is 0 Å². The van der Waals surface area contributed by atoms with Crippen molar-refractivity contribution in [3.05, 3.63) is 35.4 Å². The van der Waals surface area contributed by atoms with Crippen LogP contribution in [-0.4, -0.2) is 29.6 Å². The minimum atomic E-state index is 0.241. The molecule has 0 amide bonds. The molecule has 0 aliphatic carbocycles. The van der Waals surface area contributed by atoms with Gasteiger partial charge in [-0.1, -0.05) is 52.0 Å². The minimum Gasteiger partial charge on any atom is -0.309 e. The van der Waals surface area contributed by atoms with Gasteiger partial charge in [0.1, 0.15) is 0 Å². The molecule has 1 aliphatic heterocycles. The van der Waals surface area contributed by atoms with Crippen LogP contribution in [0.5, 0.6) is 0 Å². The van der Waals surface area contributed by atoms with Gasteiger partial charge in [-0.15, -0.1) is 0 Å². The first-order chi connectivity index (χ1) is 9.75. The Bertz CT molecular complexity index is 475. The summed E-state index contributed by atoms with van der Waals surface area (Å²) in [4.78, 5) is 2.70. The van der Waals surface area contributed by atoms with E-state index in [-0.39, 0.29) is 5.54 Å². The molecule has 0 radical (unpaired) electrons. The first kappa shape index (κ1) is 16.5. The fraction of sp³-hybridized carbons (Fsp3) is 0.684. The molecule has 1 heterocycles. The summed E-state index contributed by atoms with van der Waals surface area (Å²) in [5.74, 6) is 0. The number of aryl methyl sites for hydroxylation is 1. The van der Waals surface area contributed by atoms with Crippen LogP contribution in [0.1, 0.15) is 52.2 Å². The van der Waals surface area contributed by atoms with Crippen LogP contribution in [-0.2, 0) is 6.54 Å². The van der Waals surface area contributed by atoms with E-state index in [4.69, 9.17) is 0 Å². The van der Waals surface area contributed by atoms with Crippen molar-refractivity contribution in [3.8, 4) is 0 Å². The molecule has 2 nitrogen and oxygen atoms in total. The average molecular weight is 288 g/mol. The fourth-order valence-electron chi connectivity index (χ4n) is 3.35. The minimum absolute atomic E-state index is 0.241. The third-order valence-corrected chi connectivity index (χ3v) is 5.13. The molecule has 0 bridgehead atoms. The summed E-state index contributed by atoms with van der Waals surface area (Å²) in [6, 6.07) is 9.38. The van der Waals surface area contributed by atoms with Gasteiger partial charge in [0.2, 0.25) is 0 Å². The third kappa shape index (κ3) is 3.87. The summed E-state index contributed by atoms with van der Waals surface area (Å²) in [5.41, 5.74) is 3.41. The second-order valence-electron chi connectivity index (χ2n) is 8.01. The molecule has 2 heteroatoms. The van der Waals surface area contributed by atoms with Gasteiger partial charge in [-0.3, -0.25) is 4.90 Å². The van der Waals surface area contributed by atoms with E-state index in [2.05, 4.69) is 76.0 Å². The molecule has 2 rings (SSSR count). The molecule has 1 N–H and O–H groups in total. The molecule has 1 saturated heterocycles. The number of nitrogens with zero attached hydrogens (tertiary/aromatic N) is 1. The Labute approximate surface area is 130 Å². The van der Waals surface area contributed by atoms with Gasteiger partial charge in [-0.2, -0.15) is 0 Å². The number of hydrogen-bond donors (Lipinski definition) is 1. The Morgan fingerprint density at radius 1 is 1.29 bits per heavy atom. The number of rotatable bonds is 3. The van der Waals surface area contributed by atoms with E-state index in [1.165, 1.54) is 17.5 Å². The maximum Gasteiger partial charge on any atom is 0.0278 e. The van der Waals surface area contributed by atoms with E-state index in [1.54, 1.807) is 0 Å². The molecule has 0 aromatic heterocycles. The zero-order chi connectivity index (χ0) is 15.7. The molecule has 1 aromatic rings. The van der Waals surface area contributed by atoms with Crippen LogP contribution in [0.3, 0.4) is 0 Å². The van der Waals surface area contributed by atoms with Crippen molar-refractivity contribution in [2.75, 3.05) is 13.1 Å². The van der Waals surface area contributed by atoms with Crippen molar-refractivity contribution < 1.29 is 0 Å². The number of benzene rings is 1. The molecule has 1 aliphatic rings. The molecule has 0 spiro atoms. The fourth-order valence-corrected chi connectivity index (χ4v) is 3.35. The van der Waals surface area contributed by atoms with Crippen LogP contribution in [0.2, 0.25) is 0 Å². The second-order valence-corrected chi connectivity index (χ2v) is 8.01. The van der Waals surface area contributed by atoms with Gasteiger partial charge in [0.05, 0.1) is 0 Å². The lowest BCUT2D eigenvalue weighted by Crippen LogP contribution is -2.65. The highest BCUT2D eigenvalue weighted by molar-refractivity contribution is 5.25. The molecule has 0 saturated carbocycles. The smallest absolute Gasteiger partial charge is 0.0278 e. The highest BCUT2D eigenvalue weighted by Crippen LogP contribution is 2.31. The summed E-state index contributed by atoms with van der Waals surface area (Å²) < 4.78 is 0. The third-order valence-electron chi connectivity index (χ3n) is 5.13. The van der Waals surface area contributed by atoms with Gasteiger partial charge in [0.15, 0.2) is 0 Å².